The molecule has 0 saturated heterocycles. The van der Waals surface area contributed by atoms with Gasteiger partial charge in [-0.05, 0) is 20.3 Å². The molecule has 0 aromatic rings. The molecule has 0 amide bonds. The van der Waals surface area contributed by atoms with Crippen LogP contribution >= 0.6 is 0 Å². The summed E-state index contributed by atoms with van der Waals surface area (Å²) >= 11 is 0. The quantitative estimate of drug-likeness (QED) is 0.614. The molecule has 0 saturated carbocycles. The fraction of sp³-hybridized carbons (Fsp3) is 0.889. The van der Waals surface area contributed by atoms with Crippen LogP contribution in [0.5, 0.6) is 0 Å². The van der Waals surface area contributed by atoms with E-state index in [9.17, 15) is 4.79 Å². The summed E-state index contributed by atoms with van der Waals surface area (Å²) in [5, 5.41) is 0. The van der Waals surface area contributed by atoms with Crippen LogP contribution in [-0.2, 0) is 14.3 Å². The topological polar surface area (TPSA) is 35.5 Å². The fourth-order valence-electron chi connectivity index (χ4n) is 0.450. The second kappa shape index (κ2) is 13.1. The monoisotopic (exact) mass is 176 g/mol. The SMILES string of the molecule is CCCOC(C)=O.CCOCC. The van der Waals surface area contributed by atoms with E-state index in [1.54, 1.807) is 0 Å². The molecule has 3 nitrogen and oxygen atoms in total. The van der Waals surface area contributed by atoms with Crippen LogP contribution in [0.1, 0.15) is 34.1 Å². The Bertz CT molecular complexity index is 89.8. The Balaban J connectivity index is 0. The lowest BCUT2D eigenvalue weighted by atomic mass is 10.5. The second-order valence-electron chi connectivity index (χ2n) is 2.12. The summed E-state index contributed by atoms with van der Waals surface area (Å²) in [5.41, 5.74) is 0. The van der Waals surface area contributed by atoms with Crippen molar-refractivity contribution in [3.05, 3.63) is 0 Å². The number of hydrogen-bond donors (Lipinski definition) is 0. The van der Waals surface area contributed by atoms with Crippen LogP contribution in [0.3, 0.4) is 0 Å². The van der Waals surface area contributed by atoms with Gasteiger partial charge in [0.2, 0.25) is 0 Å². The number of hydrogen-bond acceptors (Lipinski definition) is 3. The van der Waals surface area contributed by atoms with Gasteiger partial charge in [0.25, 0.3) is 0 Å². The lowest BCUT2D eigenvalue weighted by Crippen LogP contribution is -1.98. The first kappa shape index (κ1) is 14.0. The molecule has 0 aromatic heterocycles. The number of rotatable bonds is 4. The van der Waals surface area contributed by atoms with Crippen molar-refractivity contribution in [1.29, 1.82) is 0 Å². The molecule has 0 rings (SSSR count). The van der Waals surface area contributed by atoms with Crippen LogP contribution in [0.4, 0.5) is 0 Å². The Kier molecular flexibility index (Phi) is 15.2. The molecule has 3 heteroatoms. The zero-order valence-electron chi connectivity index (χ0n) is 8.55. The molecule has 0 atom stereocenters. The van der Waals surface area contributed by atoms with Crippen molar-refractivity contribution < 1.29 is 14.3 Å². The highest BCUT2D eigenvalue weighted by atomic mass is 16.5. The fourth-order valence-corrected chi connectivity index (χ4v) is 0.450. The molecule has 0 radical (unpaired) electrons. The molecule has 0 bridgehead atoms. The molecular formula is C9H20O3. The third-order valence-corrected chi connectivity index (χ3v) is 0.918. The summed E-state index contributed by atoms with van der Waals surface area (Å²) < 4.78 is 9.39. The van der Waals surface area contributed by atoms with E-state index in [0.717, 1.165) is 19.6 Å². The van der Waals surface area contributed by atoms with Gasteiger partial charge in [-0.15, -0.1) is 0 Å². The van der Waals surface area contributed by atoms with Gasteiger partial charge in [0, 0.05) is 20.1 Å². The Morgan fingerprint density at radius 1 is 1.17 bits per heavy atom. The van der Waals surface area contributed by atoms with Crippen LogP contribution < -0.4 is 0 Å². The van der Waals surface area contributed by atoms with Crippen molar-refractivity contribution in [2.75, 3.05) is 19.8 Å². The first-order valence-electron chi connectivity index (χ1n) is 4.40. The average molecular weight is 176 g/mol. The average Bonchev–Trinajstić information content (AvgIpc) is 2.03. The molecule has 0 heterocycles. The molecule has 0 spiro atoms. The third kappa shape index (κ3) is 22.7. The van der Waals surface area contributed by atoms with E-state index in [1.165, 1.54) is 6.92 Å². The molecule has 0 aromatic carbocycles. The Morgan fingerprint density at radius 2 is 1.67 bits per heavy atom. The minimum absolute atomic E-state index is 0.193. The van der Waals surface area contributed by atoms with Gasteiger partial charge < -0.3 is 9.47 Å². The standard InChI is InChI=1S/C5H10O2.C4H10O/c1-3-4-7-5(2)6;1-3-5-4-2/h3-4H2,1-2H3;3-4H2,1-2H3. The summed E-state index contributed by atoms with van der Waals surface area (Å²) in [7, 11) is 0. The summed E-state index contributed by atoms with van der Waals surface area (Å²) in [6.45, 7) is 9.59. The Morgan fingerprint density at radius 3 is 1.75 bits per heavy atom. The summed E-state index contributed by atoms with van der Waals surface area (Å²) in [4.78, 5) is 9.98. The van der Waals surface area contributed by atoms with Gasteiger partial charge in [-0.3, -0.25) is 4.79 Å². The summed E-state index contributed by atoms with van der Waals surface area (Å²) in [6, 6.07) is 0. The van der Waals surface area contributed by atoms with Crippen LogP contribution in [0.25, 0.3) is 0 Å². The second-order valence-corrected chi connectivity index (χ2v) is 2.12. The van der Waals surface area contributed by atoms with Crippen LogP contribution in [0, 0.1) is 0 Å². The van der Waals surface area contributed by atoms with E-state index in [4.69, 9.17) is 4.74 Å². The van der Waals surface area contributed by atoms with Gasteiger partial charge >= 0.3 is 5.97 Å². The highest BCUT2D eigenvalue weighted by Gasteiger charge is 1.85. The molecule has 0 aliphatic carbocycles. The van der Waals surface area contributed by atoms with Gasteiger partial charge in [-0.25, -0.2) is 0 Å². The maximum Gasteiger partial charge on any atom is 0.302 e. The molecule has 0 N–H and O–H groups in total. The number of ether oxygens (including phenoxy) is 2. The van der Waals surface area contributed by atoms with E-state index >= 15 is 0 Å². The van der Waals surface area contributed by atoms with Crippen molar-refractivity contribution in [1.82, 2.24) is 0 Å². The third-order valence-electron chi connectivity index (χ3n) is 0.918. The molecular weight excluding hydrogens is 156 g/mol. The van der Waals surface area contributed by atoms with E-state index in [-0.39, 0.29) is 5.97 Å². The molecule has 12 heavy (non-hydrogen) atoms. The predicted molar refractivity (Wildman–Crippen MR) is 49.1 cm³/mol. The normalized spacial score (nSPS) is 8.33. The summed E-state index contributed by atoms with van der Waals surface area (Å²) in [5.74, 6) is -0.193. The van der Waals surface area contributed by atoms with Gasteiger partial charge in [0.05, 0.1) is 6.61 Å². The van der Waals surface area contributed by atoms with Crippen molar-refractivity contribution in [2.24, 2.45) is 0 Å². The van der Waals surface area contributed by atoms with Gasteiger partial charge in [-0.1, -0.05) is 6.92 Å². The van der Waals surface area contributed by atoms with Crippen LogP contribution in [0.2, 0.25) is 0 Å². The summed E-state index contributed by atoms with van der Waals surface area (Å²) in [6.07, 6.45) is 0.902. The Hall–Kier alpha value is -0.570. The lowest BCUT2D eigenvalue weighted by Gasteiger charge is -1.93. The first-order chi connectivity index (χ1) is 5.68. The first-order valence-corrected chi connectivity index (χ1v) is 4.40. The van der Waals surface area contributed by atoms with Crippen molar-refractivity contribution in [2.45, 2.75) is 34.1 Å². The van der Waals surface area contributed by atoms with Crippen molar-refractivity contribution in [3.8, 4) is 0 Å². The van der Waals surface area contributed by atoms with Gasteiger partial charge in [-0.2, -0.15) is 0 Å². The molecule has 0 aliphatic rings. The molecule has 0 unspecified atom stereocenters. The number of carbonyl (C=O) groups is 1. The molecule has 0 aliphatic heterocycles. The Labute approximate surface area is 75.1 Å². The van der Waals surface area contributed by atoms with Crippen LogP contribution in [-0.4, -0.2) is 25.8 Å². The minimum Gasteiger partial charge on any atom is -0.466 e. The maximum absolute atomic E-state index is 9.98. The van der Waals surface area contributed by atoms with E-state index in [1.807, 2.05) is 20.8 Å². The van der Waals surface area contributed by atoms with Crippen molar-refractivity contribution >= 4 is 5.97 Å². The van der Waals surface area contributed by atoms with Gasteiger partial charge in [0.15, 0.2) is 0 Å². The van der Waals surface area contributed by atoms with E-state index in [0.29, 0.717) is 6.61 Å². The zero-order valence-corrected chi connectivity index (χ0v) is 8.55. The highest BCUT2D eigenvalue weighted by molar-refractivity contribution is 5.65. The number of esters is 1. The van der Waals surface area contributed by atoms with Gasteiger partial charge in [0.1, 0.15) is 0 Å². The van der Waals surface area contributed by atoms with E-state index < -0.39 is 0 Å². The largest absolute Gasteiger partial charge is 0.466 e. The lowest BCUT2D eigenvalue weighted by molar-refractivity contribution is -0.140. The van der Waals surface area contributed by atoms with Crippen molar-refractivity contribution in [3.63, 3.8) is 0 Å². The molecule has 74 valence electrons. The smallest absolute Gasteiger partial charge is 0.302 e. The van der Waals surface area contributed by atoms with E-state index in [2.05, 4.69) is 4.74 Å². The maximum atomic E-state index is 9.98. The molecule has 0 fully saturated rings. The van der Waals surface area contributed by atoms with Crippen LogP contribution in [0.15, 0.2) is 0 Å². The zero-order chi connectivity index (χ0) is 9.82. The predicted octanol–water partition coefficient (Wildman–Crippen LogP) is 2.00. The number of carbonyl (C=O) groups excluding carboxylic acids is 1. The minimum atomic E-state index is -0.193. The highest BCUT2D eigenvalue weighted by Crippen LogP contribution is 1.78.